The standard InChI is InChI=1S/C11H18N4OS2/c1-3-6-12-10-14-15-11(18-10)17-7(2)9(16)13-8-4-5-8/h7-8H,3-6H2,1-2H3,(H,12,14)(H,13,16). The Balaban J connectivity index is 1.80. The summed E-state index contributed by atoms with van der Waals surface area (Å²) in [6, 6.07) is 0.414. The summed E-state index contributed by atoms with van der Waals surface area (Å²) in [5.41, 5.74) is 0. The topological polar surface area (TPSA) is 66.9 Å². The number of hydrogen-bond donors (Lipinski definition) is 2. The lowest BCUT2D eigenvalue weighted by atomic mass is 10.4. The maximum absolute atomic E-state index is 11.8. The average molecular weight is 286 g/mol. The highest BCUT2D eigenvalue weighted by Gasteiger charge is 2.26. The lowest BCUT2D eigenvalue weighted by Gasteiger charge is -2.08. The number of hydrogen-bond acceptors (Lipinski definition) is 6. The van der Waals surface area contributed by atoms with Crippen LogP contribution in [0.25, 0.3) is 0 Å². The molecule has 0 saturated heterocycles. The third kappa shape index (κ3) is 4.13. The molecule has 1 heterocycles. The van der Waals surface area contributed by atoms with E-state index < -0.39 is 0 Å². The van der Waals surface area contributed by atoms with Crippen molar-refractivity contribution >= 4 is 34.1 Å². The van der Waals surface area contributed by atoms with E-state index in [0.29, 0.717) is 6.04 Å². The number of nitrogens with one attached hydrogen (secondary N) is 2. The second kappa shape index (κ2) is 6.38. The van der Waals surface area contributed by atoms with Crippen LogP contribution in [0.1, 0.15) is 33.1 Å². The van der Waals surface area contributed by atoms with Crippen LogP contribution in [0.15, 0.2) is 4.34 Å². The number of nitrogens with zero attached hydrogens (tertiary/aromatic N) is 2. The fraction of sp³-hybridized carbons (Fsp3) is 0.727. The highest BCUT2D eigenvalue weighted by molar-refractivity contribution is 8.02. The van der Waals surface area contributed by atoms with Crippen LogP contribution < -0.4 is 10.6 Å². The zero-order chi connectivity index (χ0) is 13.0. The second-order valence-electron chi connectivity index (χ2n) is 4.34. The van der Waals surface area contributed by atoms with Gasteiger partial charge in [-0.3, -0.25) is 4.79 Å². The molecule has 1 aliphatic rings. The molecule has 2 rings (SSSR count). The molecule has 1 aromatic heterocycles. The van der Waals surface area contributed by atoms with E-state index in [1.165, 1.54) is 23.1 Å². The molecule has 1 unspecified atom stereocenters. The van der Waals surface area contributed by atoms with Gasteiger partial charge in [-0.1, -0.05) is 30.0 Å². The van der Waals surface area contributed by atoms with Crippen molar-refractivity contribution in [3.8, 4) is 0 Å². The van der Waals surface area contributed by atoms with Crippen molar-refractivity contribution in [3.05, 3.63) is 0 Å². The molecule has 0 bridgehead atoms. The van der Waals surface area contributed by atoms with Gasteiger partial charge in [-0.05, 0) is 26.2 Å². The molecule has 0 aliphatic heterocycles. The third-order valence-electron chi connectivity index (χ3n) is 2.50. The Morgan fingerprint density at radius 2 is 2.33 bits per heavy atom. The molecule has 1 fully saturated rings. The lowest BCUT2D eigenvalue weighted by molar-refractivity contribution is -0.120. The Bertz CT molecular complexity index is 406. The van der Waals surface area contributed by atoms with Crippen LogP contribution in [-0.2, 0) is 4.79 Å². The van der Waals surface area contributed by atoms with Gasteiger partial charge in [0.05, 0.1) is 5.25 Å². The Labute approximate surface area is 115 Å². The maximum atomic E-state index is 11.8. The molecular weight excluding hydrogens is 268 g/mol. The zero-order valence-corrected chi connectivity index (χ0v) is 12.2. The first-order valence-electron chi connectivity index (χ1n) is 6.23. The van der Waals surface area contributed by atoms with Crippen molar-refractivity contribution in [2.24, 2.45) is 0 Å². The molecule has 2 N–H and O–H groups in total. The van der Waals surface area contributed by atoms with E-state index in [1.54, 1.807) is 0 Å². The molecule has 1 aromatic rings. The maximum Gasteiger partial charge on any atom is 0.233 e. The first kappa shape index (κ1) is 13.6. The van der Waals surface area contributed by atoms with Crippen molar-refractivity contribution in [2.45, 2.75) is 48.7 Å². The zero-order valence-electron chi connectivity index (χ0n) is 10.6. The van der Waals surface area contributed by atoms with E-state index in [2.05, 4.69) is 27.8 Å². The van der Waals surface area contributed by atoms with Gasteiger partial charge in [0.2, 0.25) is 11.0 Å². The van der Waals surface area contributed by atoms with E-state index in [0.717, 1.165) is 35.3 Å². The van der Waals surface area contributed by atoms with Gasteiger partial charge in [-0.15, -0.1) is 10.2 Å². The van der Waals surface area contributed by atoms with Crippen molar-refractivity contribution in [1.29, 1.82) is 0 Å². The van der Waals surface area contributed by atoms with Gasteiger partial charge >= 0.3 is 0 Å². The first-order valence-corrected chi connectivity index (χ1v) is 7.93. The Morgan fingerprint density at radius 1 is 1.56 bits per heavy atom. The largest absolute Gasteiger partial charge is 0.360 e. The van der Waals surface area contributed by atoms with Crippen molar-refractivity contribution in [2.75, 3.05) is 11.9 Å². The summed E-state index contributed by atoms with van der Waals surface area (Å²) < 4.78 is 0.840. The fourth-order valence-electron chi connectivity index (χ4n) is 1.31. The monoisotopic (exact) mass is 286 g/mol. The van der Waals surface area contributed by atoms with Gasteiger partial charge in [-0.2, -0.15) is 0 Å². The number of thioether (sulfide) groups is 1. The van der Waals surface area contributed by atoms with Gasteiger partial charge in [0.25, 0.3) is 0 Å². The Hall–Kier alpha value is -0.820. The summed E-state index contributed by atoms with van der Waals surface area (Å²) in [5, 5.41) is 15.0. The summed E-state index contributed by atoms with van der Waals surface area (Å²) in [4.78, 5) is 11.8. The van der Waals surface area contributed by atoms with Gasteiger partial charge in [-0.25, -0.2) is 0 Å². The molecule has 18 heavy (non-hydrogen) atoms. The van der Waals surface area contributed by atoms with Gasteiger partial charge in [0.1, 0.15) is 0 Å². The summed E-state index contributed by atoms with van der Waals surface area (Å²) >= 11 is 2.97. The van der Waals surface area contributed by atoms with E-state index in [4.69, 9.17) is 0 Å². The molecule has 0 aromatic carbocycles. The molecule has 0 radical (unpaired) electrons. The molecule has 5 nitrogen and oxygen atoms in total. The highest BCUT2D eigenvalue weighted by atomic mass is 32.2. The second-order valence-corrected chi connectivity index (χ2v) is 6.91. The molecular formula is C11H18N4OS2. The number of carbonyl (C=O) groups excluding carboxylic acids is 1. The van der Waals surface area contributed by atoms with Crippen LogP contribution in [0.3, 0.4) is 0 Å². The van der Waals surface area contributed by atoms with Crippen LogP contribution in [0, 0.1) is 0 Å². The third-order valence-corrected chi connectivity index (χ3v) is 4.57. The molecule has 1 atom stereocenters. The number of rotatable bonds is 7. The molecule has 7 heteroatoms. The van der Waals surface area contributed by atoms with E-state index >= 15 is 0 Å². The molecule has 100 valence electrons. The quantitative estimate of drug-likeness (QED) is 0.752. The summed E-state index contributed by atoms with van der Waals surface area (Å²) in [5.74, 6) is 0.0979. The smallest absolute Gasteiger partial charge is 0.233 e. The normalized spacial score (nSPS) is 16.3. The number of carbonyl (C=O) groups is 1. The summed E-state index contributed by atoms with van der Waals surface area (Å²) in [6.45, 7) is 4.91. The van der Waals surface area contributed by atoms with Crippen LogP contribution in [0.2, 0.25) is 0 Å². The highest BCUT2D eigenvalue weighted by Crippen LogP contribution is 2.29. The van der Waals surface area contributed by atoms with Crippen LogP contribution in [0.4, 0.5) is 5.13 Å². The van der Waals surface area contributed by atoms with Crippen molar-refractivity contribution < 1.29 is 4.79 Å². The average Bonchev–Trinajstić information content (AvgIpc) is 3.05. The van der Waals surface area contributed by atoms with Crippen LogP contribution >= 0.6 is 23.1 Å². The molecule has 0 spiro atoms. The van der Waals surface area contributed by atoms with E-state index in [9.17, 15) is 4.79 Å². The summed E-state index contributed by atoms with van der Waals surface area (Å²) in [6.07, 6.45) is 3.29. The minimum atomic E-state index is -0.113. The van der Waals surface area contributed by atoms with Crippen molar-refractivity contribution in [1.82, 2.24) is 15.5 Å². The van der Waals surface area contributed by atoms with Gasteiger partial charge in [0, 0.05) is 12.6 Å². The van der Waals surface area contributed by atoms with Gasteiger partial charge < -0.3 is 10.6 Å². The van der Waals surface area contributed by atoms with Gasteiger partial charge in [0.15, 0.2) is 4.34 Å². The number of amides is 1. The van der Waals surface area contributed by atoms with Crippen LogP contribution in [-0.4, -0.2) is 33.9 Å². The summed E-state index contributed by atoms with van der Waals surface area (Å²) in [7, 11) is 0. The van der Waals surface area contributed by atoms with E-state index in [1.807, 2.05) is 6.92 Å². The van der Waals surface area contributed by atoms with E-state index in [-0.39, 0.29) is 11.2 Å². The molecule has 1 aliphatic carbocycles. The SMILES string of the molecule is CCCNc1nnc(SC(C)C(=O)NC2CC2)s1. The molecule has 1 saturated carbocycles. The first-order chi connectivity index (χ1) is 8.69. The van der Waals surface area contributed by atoms with Crippen LogP contribution in [0.5, 0.6) is 0 Å². The Morgan fingerprint density at radius 3 is 3.00 bits per heavy atom. The number of aromatic nitrogens is 2. The Kier molecular flexibility index (Phi) is 4.82. The van der Waals surface area contributed by atoms with Crippen molar-refractivity contribution in [3.63, 3.8) is 0 Å². The minimum absolute atomic E-state index is 0.0979. The minimum Gasteiger partial charge on any atom is -0.360 e. The fourth-order valence-corrected chi connectivity index (χ4v) is 3.24. The molecule has 1 amide bonds. The predicted molar refractivity (Wildman–Crippen MR) is 75.2 cm³/mol. The number of anilines is 1. The predicted octanol–water partition coefficient (Wildman–Crippen LogP) is 2.12. The lowest BCUT2D eigenvalue weighted by Crippen LogP contribution is -2.32.